The van der Waals surface area contributed by atoms with Crippen LogP contribution in [0.1, 0.15) is 26.7 Å². The Labute approximate surface area is 121 Å². The lowest BCUT2D eigenvalue weighted by Crippen LogP contribution is -2.38. The van der Waals surface area contributed by atoms with Gasteiger partial charge >= 0.3 is 0 Å². The number of benzene rings is 1. The second-order valence-corrected chi connectivity index (χ2v) is 6.71. The molecule has 2 heterocycles. The molecule has 0 unspecified atom stereocenters. The second kappa shape index (κ2) is 4.37. The number of rotatable bonds is 1. The molecule has 0 bridgehead atoms. The van der Waals surface area contributed by atoms with Gasteiger partial charge < -0.3 is 10.6 Å². The molecule has 2 N–H and O–H groups in total. The van der Waals surface area contributed by atoms with E-state index >= 15 is 0 Å². The average Bonchev–Trinajstić information content (AvgIpc) is 2.70. The summed E-state index contributed by atoms with van der Waals surface area (Å²) in [6.07, 6.45) is 4.29. The first-order chi connectivity index (χ1) is 8.99. The average molecular weight is 320 g/mol. The predicted molar refractivity (Wildman–Crippen MR) is 84.5 cm³/mol. The van der Waals surface area contributed by atoms with Crippen molar-refractivity contribution in [3.05, 3.63) is 28.9 Å². The molecule has 0 spiro atoms. The van der Waals surface area contributed by atoms with Gasteiger partial charge in [0.1, 0.15) is 0 Å². The van der Waals surface area contributed by atoms with Crippen LogP contribution in [0.3, 0.4) is 0 Å². The Kier molecular flexibility index (Phi) is 2.93. The van der Waals surface area contributed by atoms with Crippen molar-refractivity contribution in [2.45, 2.75) is 32.2 Å². The van der Waals surface area contributed by atoms with E-state index in [9.17, 15) is 0 Å². The Balaban J connectivity index is 2.22. The fourth-order valence-corrected chi connectivity index (χ4v) is 3.30. The third-order valence-corrected chi connectivity index (χ3v) is 4.45. The molecule has 0 radical (unpaired) electrons. The van der Waals surface area contributed by atoms with Gasteiger partial charge in [-0.25, -0.2) is 0 Å². The lowest BCUT2D eigenvalue weighted by Gasteiger charge is -2.34. The molecule has 1 saturated heterocycles. The summed E-state index contributed by atoms with van der Waals surface area (Å²) >= 11 is 3.47. The van der Waals surface area contributed by atoms with Gasteiger partial charge in [-0.1, -0.05) is 0 Å². The maximum absolute atomic E-state index is 6.08. The van der Waals surface area contributed by atoms with E-state index in [1.54, 1.807) is 0 Å². The van der Waals surface area contributed by atoms with E-state index in [1.807, 2.05) is 18.3 Å². The molecule has 100 valence electrons. The van der Waals surface area contributed by atoms with E-state index in [4.69, 9.17) is 5.73 Å². The van der Waals surface area contributed by atoms with Gasteiger partial charge in [0.25, 0.3) is 0 Å². The highest BCUT2D eigenvalue weighted by molar-refractivity contribution is 9.10. The molecule has 4 heteroatoms. The number of aromatic nitrogens is 1. The molecule has 19 heavy (non-hydrogen) atoms. The van der Waals surface area contributed by atoms with Gasteiger partial charge in [0.05, 0.1) is 11.2 Å². The Bertz CT molecular complexity index is 637. The third-order valence-electron chi connectivity index (χ3n) is 4.02. The highest BCUT2D eigenvalue weighted by atomic mass is 79.9. The number of pyridine rings is 1. The number of nitrogen functional groups attached to an aromatic ring is 1. The lowest BCUT2D eigenvalue weighted by atomic mass is 10.0. The number of hydrogen-bond donors (Lipinski definition) is 1. The quantitative estimate of drug-likeness (QED) is 0.809. The fourth-order valence-electron chi connectivity index (χ4n) is 2.97. The minimum absolute atomic E-state index is 0.192. The topological polar surface area (TPSA) is 42.1 Å². The summed E-state index contributed by atoms with van der Waals surface area (Å²) in [5, 5.41) is 1.02. The number of fused-ring (bicyclic) bond motifs is 1. The van der Waals surface area contributed by atoms with Crippen molar-refractivity contribution < 1.29 is 0 Å². The van der Waals surface area contributed by atoms with Crippen LogP contribution in [0.5, 0.6) is 0 Å². The summed E-state index contributed by atoms with van der Waals surface area (Å²) < 4.78 is 0.963. The molecule has 1 aromatic heterocycles. The predicted octanol–water partition coefficient (Wildman–Crippen LogP) is 3.96. The number of anilines is 2. The summed E-state index contributed by atoms with van der Waals surface area (Å²) in [6, 6.07) is 6.13. The van der Waals surface area contributed by atoms with Crippen molar-refractivity contribution in [3.63, 3.8) is 0 Å². The molecule has 1 fully saturated rings. The molecule has 0 atom stereocenters. The second-order valence-electron chi connectivity index (χ2n) is 5.79. The molecule has 2 aromatic rings. The van der Waals surface area contributed by atoms with Crippen molar-refractivity contribution in [2.75, 3.05) is 17.2 Å². The van der Waals surface area contributed by atoms with Crippen LogP contribution in [0.4, 0.5) is 11.4 Å². The number of halogens is 1. The first-order valence-electron chi connectivity index (χ1n) is 6.60. The van der Waals surface area contributed by atoms with Gasteiger partial charge in [0.2, 0.25) is 0 Å². The molecule has 0 amide bonds. The van der Waals surface area contributed by atoms with Gasteiger partial charge in [0.15, 0.2) is 0 Å². The highest BCUT2D eigenvalue weighted by Crippen LogP contribution is 2.38. The fraction of sp³-hybridized carbons (Fsp3) is 0.400. The minimum Gasteiger partial charge on any atom is -0.398 e. The van der Waals surface area contributed by atoms with Crippen molar-refractivity contribution >= 4 is 38.2 Å². The van der Waals surface area contributed by atoms with Gasteiger partial charge in [-0.3, -0.25) is 4.98 Å². The molecular formula is C15H18BrN3. The van der Waals surface area contributed by atoms with Crippen molar-refractivity contribution in [1.29, 1.82) is 0 Å². The minimum atomic E-state index is 0.192. The molecular weight excluding hydrogens is 302 g/mol. The summed E-state index contributed by atoms with van der Waals surface area (Å²) in [5.74, 6) is 0. The maximum Gasteiger partial charge on any atom is 0.0956 e. The van der Waals surface area contributed by atoms with E-state index in [1.165, 1.54) is 18.5 Å². The van der Waals surface area contributed by atoms with Crippen molar-refractivity contribution in [2.24, 2.45) is 0 Å². The molecule has 1 aliphatic rings. The molecule has 0 saturated carbocycles. The van der Waals surface area contributed by atoms with Crippen LogP contribution in [0.2, 0.25) is 0 Å². The molecule has 1 aromatic carbocycles. The van der Waals surface area contributed by atoms with E-state index in [-0.39, 0.29) is 5.54 Å². The van der Waals surface area contributed by atoms with Crippen LogP contribution in [0.25, 0.3) is 10.9 Å². The Morgan fingerprint density at radius 2 is 2.16 bits per heavy atom. The summed E-state index contributed by atoms with van der Waals surface area (Å²) in [4.78, 5) is 7.04. The Morgan fingerprint density at radius 3 is 2.84 bits per heavy atom. The molecule has 0 aliphatic carbocycles. The van der Waals surface area contributed by atoms with E-state index in [0.29, 0.717) is 0 Å². The highest BCUT2D eigenvalue weighted by Gasteiger charge is 2.33. The van der Waals surface area contributed by atoms with Crippen molar-refractivity contribution in [1.82, 2.24) is 4.98 Å². The van der Waals surface area contributed by atoms with E-state index in [0.717, 1.165) is 27.6 Å². The first kappa shape index (κ1) is 12.7. The van der Waals surface area contributed by atoms with Crippen molar-refractivity contribution in [3.8, 4) is 0 Å². The van der Waals surface area contributed by atoms with E-state index in [2.05, 4.69) is 45.7 Å². The standard InChI is InChI=1S/C15H18BrN3/c1-15(2)6-3-7-19(15)13-5-4-12(17)11-8-10(16)9-18-14(11)13/h4-5,8-9H,3,6-7,17H2,1-2H3. The van der Waals surface area contributed by atoms with Crippen LogP contribution in [0, 0.1) is 0 Å². The SMILES string of the molecule is CC1(C)CCCN1c1ccc(N)c2cc(Br)cnc12. The summed E-state index contributed by atoms with van der Waals surface area (Å²) in [6.45, 7) is 5.67. The summed E-state index contributed by atoms with van der Waals surface area (Å²) in [5.41, 5.74) is 9.25. The van der Waals surface area contributed by atoms with Crippen LogP contribution < -0.4 is 10.6 Å². The number of nitrogens with zero attached hydrogens (tertiary/aromatic N) is 2. The number of hydrogen-bond acceptors (Lipinski definition) is 3. The smallest absolute Gasteiger partial charge is 0.0956 e. The normalized spacial score (nSPS) is 18.2. The maximum atomic E-state index is 6.08. The largest absolute Gasteiger partial charge is 0.398 e. The number of nitrogens with two attached hydrogens (primary N) is 1. The van der Waals surface area contributed by atoms with Crippen LogP contribution in [-0.4, -0.2) is 17.1 Å². The zero-order chi connectivity index (χ0) is 13.6. The van der Waals surface area contributed by atoms with Crippen LogP contribution in [0.15, 0.2) is 28.9 Å². The zero-order valence-electron chi connectivity index (χ0n) is 11.3. The van der Waals surface area contributed by atoms with Crippen LogP contribution in [-0.2, 0) is 0 Å². The van der Waals surface area contributed by atoms with Gasteiger partial charge in [0, 0.05) is 33.8 Å². The molecule has 1 aliphatic heterocycles. The lowest BCUT2D eigenvalue weighted by molar-refractivity contribution is 0.519. The van der Waals surface area contributed by atoms with Gasteiger partial charge in [-0.2, -0.15) is 0 Å². The van der Waals surface area contributed by atoms with Gasteiger partial charge in [-0.15, -0.1) is 0 Å². The molecule has 3 nitrogen and oxygen atoms in total. The molecule has 3 rings (SSSR count). The monoisotopic (exact) mass is 319 g/mol. The Morgan fingerprint density at radius 1 is 1.37 bits per heavy atom. The summed E-state index contributed by atoms with van der Waals surface area (Å²) in [7, 11) is 0. The van der Waals surface area contributed by atoms with E-state index < -0.39 is 0 Å². The van der Waals surface area contributed by atoms with Gasteiger partial charge in [-0.05, 0) is 60.8 Å². The zero-order valence-corrected chi connectivity index (χ0v) is 12.9. The third kappa shape index (κ3) is 2.08. The Hall–Kier alpha value is -1.29. The first-order valence-corrected chi connectivity index (χ1v) is 7.40. The van der Waals surface area contributed by atoms with Crippen LogP contribution >= 0.6 is 15.9 Å².